The molecule has 1 aromatic heterocycles. The minimum absolute atomic E-state index is 0. The van der Waals surface area contributed by atoms with E-state index in [1.54, 1.807) is 0 Å². The van der Waals surface area contributed by atoms with Crippen LogP contribution in [0.4, 0.5) is 0 Å². The van der Waals surface area contributed by atoms with Crippen LogP contribution in [0.25, 0.3) is 21.8 Å². The SMILES string of the molecule is [Zr+2].c1cc[cH-]c1.c1cc[cH-]c1.c1ccc2nc3ccccc3cc2c1. The Morgan fingerprint density at radius 3 is 1.28 bits per heavy atom. The van der Waals surface area contributed by atoms with Crippen molar-refractivity contribution in [3.8, 4) is 0 Å². The number of aromatic nitrogens is 1. The molecule has 0 spiro atoms. The van der Waals surface area contributed by atoms with Gasteiger partial charge in [0.1, 0.15) is 0 Å². The Morgan fingerprint density at radius 2 is 0.920 bits per heavy atom. The molecule has 25 heavy (non-hydrogen) atoms. The molecule has 120 valence electrons. The van der Waals surface area contributed by atoms with Crippen molar-refractivity contribution in [1.29, 1.82) is 0 Å². The summed E-state index contributed by atoms with van der Waals surface area (Å²) in [6, 6.07) is 38.6. The van der Waals surface area contributed by atoms with E-state index >= 15 is 0 Å². The first-order valence-corrected chi connectivity index (χ1v) is 8.01. The largest absolute Gasteiger partial charge is 2.00 e. The molecule has 0 aliphatic rings. The summed E-state index contributed by atoms with van der Waals surface area (Å²) in [5.41, 5.74) is 2.12. The Kier molecular flexibility index (Phi) is 8.02. The van der Waals surface area contributed by atoms with Crippen LogP contribution in [0.3, 0.4) is 0 Å². The van der Waals surface area contributed by atoms with Gasteiger partial charge >= 0.3 is 26.2 Å². The first kappa shape index (κ1) is 19.0. The van der Waals surface area contributed by atoms with E-state index in [9.17, 15) is 0 Å². The van der Waals surface area contributed by atoms with Crippen LogP contribution in [0.15, 0.2) is 115 Å². The molecular weight excluding hydrogens is 381 g/mol. The minimum Gasteiger partial charge on any atom is -0.248 e. The van der Waals surface area contributed by atoms with Gasteiger partial charge in [0, 0.05) is 10.8 Å². The van der Waals surface area contributed by atoms with Crippen molar-refractivity contribution < 1.29 is 26.2 Å². The van der Waals surface area contributed by atoms with Crippen molar-refractivity contribution in [1.82, 2.24) is 4.98 Å². The van der Waals surface area contributed by atoms with Gasteiger partial charge < -0.3 is 0 Å². The predicted octanol–water partition coefficient (Wildman–Crippen LogP) is 6.20. The van der Waals surface area contributed by atoms with Crippen molar-refractivity contribution in [3.63, 3.8) is 0 Å². The zero-order chi connectivity index (χ0) is 16.5. The van der Waals surface area contributed by atoms with E-state index in [2.05, 4.69) is 23.2 Å². The molecule has 4 aromatic carbocycles. The molecule has 0 amide bonds. The quantitative estimate of drug-likeness (QED) is 0.223. The maximum absolute atomic E-state index is 4.58. The Morgan fingerprint density at radius 1 is 0.520 bits per heavy atom. The van der Waals surface area contributed by atoms with E-state index in [0.29, 0.717) is 0 Å². The molecule has 0 saturated carbocycles. The van der Waals surface area contributed by atoms with Gasteiger partial charge in [-0.1, -0.05) is 36.4 Å². The third-order valence-electron chi connectivity index (χ3n) is 3.54. The predicted molar refractivity (Wildman–Crippen MR) is 103 cm³/mol. The van der Waals surface area contributed by atoms with Crippen LogP contribution in [0.1, 0.15) is 0 Å². The molecule has 0 atom stereocenters. The molecule has 0 aliphatic heterocycles. The zero-order valence-corrected chi connectivity index (χ0v) is 16.4. The molecule has 0 saturated heterocycles. The number of pyridine rings is 1. The Balaban J connectivity index is 0.000000169. The van der Waals surface area contributed by atoms with E-state index < -0.39 is 0 Å². The summed E-state index contributed by atoms with van der Waals surface area (Å²) >= 11 is 0. The second-order valence-corrected chi connectivity index (χ2v) is 5.30. The van der Waals surface area contributed by atoms with Crippen LogP contribution in [0, 0.1) is 0 Å². The van der Waals surface area contributed by atoms with Crippen molar-refractivity contribution in [3.05, 3.63) is 115 Å². The van der Waals surface area contributed by atoms with Crippen molar-refractivity contribution in [2.45, 2.75) is 0 Å². The molecular formula is C23H19NZr. The standard InChI is InChI=1S/C13H9N.2C5H5.Zr/c1-3-7-12-10(5-1)9-11-6-2-4-8-13(11)14-12;2*1-2-4-5-3-1;/h1-9H;2*1-5H;/q;2*-1;+2. The van der Waals surface area contributed by atoms with Gasteiger partial charge in [0.2, 0.25) is 0 Å². The number of para-hydroxylation sites is 2. The van der Waals surface area contributed by atoms with Crippen molar-refractivity contribution in [2.75, 3.05) is 0 Å². The van der Waals surface area contributed by atoms with E-state index in [1.165, 1.54) is 10.8 Å². The number of fused-ring (bicyclic) bond motifs is 2. The maximum atomic E-state index is 4.58. The Hall–Kier alpha value is -2.31. The maximum Gasteiger partial charge on any atom is 2.00 e. The molecule has 2 heteroatoms. The number of nitrogens with zero attached hydrogens (tertiary/aromatic N) is 1. The number of hydrogen-bond acceptors (Lipinski definition) is 1. The van der Waals surface area contributed by atoms with Crippen LogP contribution >= 0.6 is 0 Å². The molecule has 0 bridgehead atoms. The molecule has 1 heterocycles. The first-order valence-electron chi connectivity index (χ1n) is 8.01. The van der Waals surface area contributed by atoms with Gasteiger partial charge in [0.15, 0.2) is 0 Å². The molecule has 0 N–H and O–H groups in total. The van der Waals surface area contributed by atoms with Crippen LogP contribution in [0.2, 0.25) is 0 Å². The minimum atomic E-state index is 0. The normalized spacial score (nSPS) is 9.28. The molecule has 0 fully saturated rings. The fourth-order valence-corrected chi connectivity index (χ4v) is 2.36. The van der Waals surface area contributed by atoms with Gasteiger partial charge in [0.25, 0.3) is 0 Å². The molecule has 0 unspecified atom stereocenters. The molecule has 5 rings (SSSR count). The molecule has 1 nitrogen and oxygen atoms in total. The second-order valence-electron chi connectivity index (χ2n) is 5.30. The summed E-state index contributed by atoms with van der Waals surface area (Å²) in [6.07, 6.45) is 0. The van der Waals surface area contributed by atoms with Gasteiger partial charge in [-0.05, 0) is 18.2 Å². The average Bonchev–Trinajstić information content (AvgIpc) is 3.38. The topological polar surface area (TPSA) is 12.9 Å². The van der Waals surface area contributed by atoms with E-state index in [4.69, 9.17) is 0 Å². The third-order valence-corrected chi connectivity index (χ3v) is 3.54. The van der Waals surface area contributed by atoms with Gasteiger partial charge in [-0.2, -0.15) is 36.4 Å². The fourth-order valence-electron chi connectivity index (χ4n) is 2.36. The van der Waals surface area contributed by atoms with Gasteiger partial charge in [-0.15, -0.1) is 0 Å². The third kappa shape index (κ3) is 5.92. The van der Waals surface area contributed by atoms with Crippen molar-refractivity contribution >= 4 is 21.8 Å². The Bertz CT molecular complexity index is 788. The number of benzene rings is 2. The van der Waals surface area contributed by atoms with Crippen LogP contribution in [-0.4, -0.2) is 4.98 Å². The first-order chi connectivity index (χ1) is 11.9. The van der Waals surface area contributed by atoms with E-state index in [0.717, 1.165) is 11.0 Å². The zero-order valence-electron chi connectivity index (χ0n) is 13.9. The Labute approximate surface area is 167 Å². The second kappa shape index (κ2) is 10.5. The summed E-state index contributed by atoms with van der Waals surface area (Å²) in [7, 11) is 0. The monoisotopic (exact) mass is 399 g/mol. The molecule has 5 aromatic rings. The van der Waals surface area contributed by atoms with Crippen LogP contribution in [-0.2, 0) is 26.2 Å². The van der Waals surface area contributed by atoms with Gasteiger partial charge in [-0.3, -0.25) is 0 Å². The average molecular weight is 401 g/mol. The van der Waals surface area contributed by atoms with Gasteiger partial charge in [0.05, 0.1) is 11.0 Å². The summed E-state index contributed by atoms with van der Waals surface area (Å²) in [6.45, 7) is 0. The van der Waals surface area contributed by atoms with Crippen molar-refractivity contribution in [2.24, 2.45) is 0 Å². The number of rotatable bonds is 0. The summed E-state index contributed by atoms with van der Waals surface area (Å²) < 4.78 is 0. The van der Waals surface area contributed by atoms with Crippen LogP contribution < -0.4 is 0 Å². The number of hydrogen-bond donors (Lipinski definition) is 0. The molecule has 0 aliphatic carbocycles. The van der Waals surface area contributed by atoms with Gasteiger partial charge in [-0.25, -0.2) is 29.2 Å². The van der Waals surface area contributed by atoms with E-state index in [1.807, 2.05) is 97.1 Å². The molecule has 0 radical (unpaired) electrons. The fraction of sp³-hybridized carbons (Fsp3) is 0. The smallest absolute Gasteiger partial charge is 0.248 e. The summed E-state index contributed by atoms with van der Waals surface area (Å²) in [4.78, 5) is 4.58. The summed E-state index contributed by atoms with van der Waals surface area (Å²) in [5, 5.41) is 2.40. The van der Waals surface area contributed by atoms with E-state index in [-0.39, 0.29) is 26.2 Å². The van der Waals surface area contributed by atoms with Crippen LogP contribution in [0.5, 0.6) is 0 Å². The summed E-state index contributed by atoms with van der Waals surface area (Å²) in [5.74, 6) is 0.